The van der Waals surface area contributed by atoms with Gasteiger partial charge in [-0.05, 0) is 40.2 Å². The Kier molecular flexibility index (Phi) is 8.72. The summed E-state index contributed by atoms with van der Waals surface area (Å²) in [5.74, 6) is -3.57. The number of carbonyl (C=O) groups is 1. The van der Waals surface area contributed by atoms with Crippen LogP contribution in [0.4, 0.5) is 8.78 Å². The zero-order valence-electron chi connectivity index (χ0n) is 18.3. The highest BCUT2D eigenvalue weighted by molar-refractivity contribution is 5.89. The second-order valence-corrected chi connectivity index (χ2v) is 8.75. The van der Waals surface area contributed by atoms with Crippen LogP contribution in [0.2, 0.25) is 0 Å². The predicted molar refractivity (Wildman–Crippen MR) is 108 cm³/mol. The van der Waals surface area contributed by atoms with E-state index in [1.807, 2.05) is 20.8 Å². The molecule has 8 nitrogen and oxygen atoms in total. The summed E-state index contributed by atoms with van der Waals surface area (Å²) in [5.41, 5.74) is 5.55. The molecule has 172 valence electrons. The highest BCUT2D eigenvalue weighted by Gasteiger charge is 2.46. The number of hydrogen-bond donors (Lipinski definition) is 1. The molecular weight excluding hydrogens is 398 g/mol. The fraction of sp³-hybridized carbons (Fsp3) is 0.800. The van der Waals surface area contributed by atoms with Crippen molar-refractivity contribution < 1.29 is 27.8 Å². The van der Waals surface area contributed by atoms with Crippen molar-refractivity contribution >= 4 is 5.97 Å². The van der Waals surface area contributed by atoms with Gasteiger partial charge >= 0.3 is 5.97 Å². The summed E-state index contributed by atoms with van der Waals surface area (Å²) in [7, 11) is 1.68. The molecule has 1 aromatic heterocycles. The molecule has 0 bridgehead atoms. The van der Waals surface area contributed by atoms with Gasteiger partial charge in [-0.25, -0.2) is 13.6 Å². The van der Waals surface area contributed by atoms with Gasteiger partial charge < -0.3 is 24.8 Å². The van der Waals surface area contributed by atoms with Gasteiger partial charge in [0, 0.05) is 19.3 Å². The van der Waals surface area contributed by atoms with Gasteiger partial charge in [0.2, 0.25) is 0 Å². The van der Waals surface area contributed by atoms with Crippen LogP contribution in [0.3, 0.4) is 0 Å². The number of halogens is 2. The number of nitrogens with zero attached hydrogens (tertiary/aromatic N) is 3. The molecule has 1 aliphatic heterocycles. The molecule has 2 atom stereocenters. The van der Waals surface area contributed by atoms with Gasteiger partial charge in [-0.2, -0.15) is 5.10 Å². The molecule has 2 N–H and O–H groups in total. The van der Waals surface area contributed by atoms with Crippen molar-refractivity contribution in [3.05, 3.63) is 18.0 Å². The zero-order valence-corrected chi connectivity index (χ0v) is 18.3. The lowest BCUT2D eigenvalue weighted by Crippen LogP contribution is -2.59. The molecule has 0 aromatic carbocycles. The van der Waals surface area contributed by atoms with Gasteiger partial charge in [0.15, 0.2) is 0 Å². The average Bonchev–Trinajstić information content (AvgIpc) is 3.08. The standard InChI is InChI=1S/C20H34F2N4O4/c1-19(2,3)30-18(27)16-11-24-26(13-16)6-8-29-10-9-28-7-5-15-12-25(4)14-20(21,22)17(15)23/h11,13,15,17H,5-10,12,14,23H2,1-4H3. The van der Waals surface area contributed by atoms with Crippen LogP contribution in [-0.4, -0.2) is 84.8 Å². The minimum atomic E-state index is -2.86. The lowest BCUT2D eigenvalue weighted by Gasteiger charge is -2.40. The Morgan fingerprint density at radius 3 is 2.60 bits per heavy atom. The van der Waals surface area contributed by atoms with Gasteiger partial charge in [-0.3, -0.25) is 4.68 Å². The Balaban J connectivity index is 1.56. The second kappa shape index (κ2) is 10.6. The van der Waals surface area contributed by atoms with E-state index in [1.54, 1.807) is 22.8 Å². The van der Waals surface area contributed by atoms with Crippen molar-refractivity contribution in [2.45, 2.75) is 51.3 Å². The maximum Gasteiger partial charge on any atom is 0.341 e. The molecule has 1 aromatic rings. The molecule has 0 amide bonds. The molecule has 0 spiro atoms. The van der Waals surface area contributed by atoms with Crippen molar-refractivity contribution in [3.8, 4) is 0 Å². The Bertz CT molecular complexity index is 678. The smallest absolute Gasteiger partial charge is 0.341 e. The summed E-state index contributed by atoms with van der Waals surface area (Å²) < 4.78 is 45.5. The van der Waals surface area contributed by atoms with Crippen molar-refractivity contribution in [2.24, 2.45) is 11.7 Å². The molecule has 0 radical (unpaired) electrons. The Hall–Kier alpha value is -1.62. The third-order valence-corrected chi connectivity index (χ3v) is 4.76. The lowest BCUT2D eigenvalue weighted by atomic mass is 9.88. The van der Waals surface area contributed by atoms with Crippen molar-refractivity contribution in [2.75, 3.05) is 46.6 Å². The molecule has 10 heteroatoms. The van der Waals surface area contributed by atoms with Crippen LogP contribution in [0, 0.1) is 5.92 Å². The Labute approximate surface area is 176 Å². The maximum absolute atomic E-state index is 13.8. The van der Waals surface area contributed by atoms with Gasteiger partial charge in [-0.1, -0.05) is 0 Å². The minimum absolute atomic E-state index is 0.293. The van der Waals surface area contributed by atoms with E-state index < -0.39 is 23.5 Å². The Morgan fingerprint density at radius 2 is 1.93 bits per heavy atom. The summed E-state index contributed by atoms with van der Waals surface area (Å²) in [4.78, 5) is 13.6. The highest BCUT2D eigenvalue weighted by atomic mass is 19.3. The van der Waals surface area contributed by atoms with E-state index in [2.05, 4.69) is 5.10 Å². The number of hydrogen-bond acceptors (Lipinski definition) is 7. The molecule has 0 saturated carbocycles. The molecule has 2 rings (SSSR count). The summed E-state index contributed by atoms with van der Waals surface area (Å²) in [6.45, 7) is 7.69. The third kappa shape index (κ3) is 7.90. The topological polar surface area (TPSA) is 91.8 Å². The van der Waals surface area contributed by atoms with Crippen LogP contribution in [-0.2, 0) is 20.8 Å². The maximum atomic E-state index is 13.8. The van der Waals surface area contributed by atoms with E-state index in [9.17, 15) is 13.6 Å². The zero-order chi connectivity index (χ0) is 22.4. The Morgan fingerprint density at radius 1 is 1.27 bits per heavy atom. The molecule has 2 heterocycles. The fourth-order valence-electron chi connectivity index (χ4n) is 3.30. The first-order chi connectivity index (χ1) is 14.0. The summed E-state index contributed by atoms with van der Waals surface area (Å²) in [5, 5.41) is 4.12. The van der Waals surface area contributed by atoms with E-state index in [1.165, 1.54) is 6.20 Å². The molecule has 2 unspecified atom stereocenters. The number of aromatic nitrogens is 2. The molecule has 1 aliphatic rings. The third-order valence-electron chi connectivity index (χ3n) is 4.76. The highest BCUT2D eigenvalue weighted by Crippen LogP contribution is 2.30. The quantitative estimate of drug-likeness (QED) is 0.445. The normalized spacial score (nSPS) is 22.2. The van der Waals surface area contributed by atoms with E-state index in [-0.39, 0.29) is 12.5 Å². The average molecular weight is 433 g/mol. The number of piperidine rings is 1. The van der Waals surface area contributed by atoms with Gasteiger partial charge in [0.25, 0.3) is 5.92 Å². The van der Waals surface area contributed by atoms with E-state index >= 15 is 0 Å². The summed E-state index contributed by atoms with van der Waals surface area (Å²) in [6.07, 6.45) is 3.57. The van der Waals surface area contributed by atoms with Crippen LogP contribution < -0.4 is 5.73 Å². The van der Waals surface area contributed by atoms with Crippen LogP contribution in [0.15, 0.2) is 12.4 Å². The van der Waals surface area contributed by atoms with Gasteiger partial charge in [-0.15, -0.1) is 0 Å². The number of esters is 1. The number of rotatable bonds is 10. The largest absolute Gasteiger partial charge is 0.456 e. The summed E-state index contributed by atoms with van der Waals surface area (Å²) >= 11 is 0. The molecular formula is C20H34F2N4O4. The predicted octanol–water partition coefficient (Wildman–Crippen LogP) is 1.79. The number of ether oxygens (including phenoxy) is 3. The van der Waals surface area contributed by atoms with E-state index in [0.717, 1.165) is 0 Å². The number of alkyl halides is 2. The fourth-order valence-corrected chi connectivity index (χ4v) is 3.30. The van der Waals surface area contributed by atoms with Crippen LogP contribution in [0.1, 0.15) is 37.6 Å². The number of likely N-dealkylation sites (tertiary alicyclic amines) is 1. The molecule has 1 saturated heterocycles. The van der Waals surface area contributed by atoms with Gasteiger partial charge in [0.05, 0.1) is 50.7 Å². The second-order valence-electron chi connectivity index (χ2n) is 8.75. The van der Waals surface area contributed by atoms with Crippen molar-refractivity contribution in [3.63, 3.8) is 0 Å². The van der Waals surface area contributed by atoms with Gasteiger partial charge in [0.1, 0.15) is 5.60 Å². The van der Waals surface area contributed by atoms with Crippen LogP contribution in [0.25, 0.3) is 0 Å². The molecule has 0 aliphatic carbocycles. The number of nitrogens with two attached hydrogens (primary N) is 1. The first-order valence-electron chi connectivity index (χ1n) is 10.2. The monoisotopic (exact) mass is 432 g/mol. The van der Waals surface area contributed by atoms with Crippen molar-refractivity contribution in [1.82, 2.24) is 14.7 Å². The SMILES string of the molecule is CN1CC(CCOCCOCCn2cc(C(=O)OC(C)(C)C)cn2)C(N)C(F)(F)C1. The molecule has 1 fully saturated rings. The van der Waals surface area contributed by atoms with E-state index in [0.29, 0.717) is 51.5 Å². The first kappa shape index (κ1) is 24.6. The van der Waals surface area contributed by atoms with Crippen molar-refractivity contribution in [1.29, 1.82) is 0 Å². The lowest BCUT2D eigenvalue weighted by molar-refractivity contribution is -0.0997. The van der Waals surface area contributed by atoms with E-state index in [4.69, 9.17) is 19.9 Å². The van der Waals surface area contributed by atoms with Crippen LogP contribution >= 0.6 is 0 Å². The number of carbonyl (C=O) groups excluding carboxylic acids is 1. The van der Waals surface area contributed by atoms with Crippen LogP contribution in [0.5, 0.6) is 0 Å². The first-order valence-corrected chi connectivity index (χ1v) is 10.2. The molecule has 30 heavy (non-hydrogen) atoms. The minimum Gasteiger partial charge on any atom is -0.456 e. The summed E-state index contributed by atoms with van der Waals surface area (Å²) in [6, 6.07) is -1.13.